The molecular formula is C46H70N6O7. The number of carbonyl (C=O) groups excluding carboxylic acids is 5. The zero-order chi connectivity index (χ0) is 41.6. The Labute approximate surface area is 350 Å². The third-order valence-electron chi connectivity index (χ3n) is 14.3. The van der Waals surface area contributed by atoms with Crippen molar-refractivity contribution in [1.29, 1.82) is 0 Å². The van der Waals surface area contributed by atoms with Crippen molar-refractivity contribution < 1.29 is 33.9 Å². The van der Waals surface area contributed by atoms with E-state index < -0.39 is 59.7 Å². The summed E-state index contributed by atoms with van der Waals surface area (Å²) in [7, 11) is 0. The second kappa shape index (κ2) is 22.5. The van der Waals surface area contributed by atoms with E-state index in [9.17, 15) is 33.9 Å². The number of hydrogen-bond acceptors (Lipinski definition) is 7. The molecule has 2 bridgehead atoms. The van der Waals surface area contributed by atoms with E-state index in [0.29, 0.717) is 42.5 Å². The zero-order valence-corrected chi connectivity index (χ0v) is 35.2. The molecule has 5 amide bonds. The van der Waals surface area contributed by atoms with E-state index >= 15 is 0 Å². The van der Waals surface area contributed by atoms with Crippen LogP contribution in [0.4, 0.5) is 5.69 Å². The Morgan fingerprint density at radius 2 is 1.08 bits per heavy atom. The first-order valence-electron chi connectivity index (χ1n) is 23.3. The molecular weight excluding hydrogens is 749 g/mol. The van der Waals surface area contributed by atoms with Crippen molar-refractivity contribution in [3.05, 3.63) is 24.0 Å². The molecule has 0 radical (unpaired) electrons. The summed E-state index contributed by atoms with van der Waals surface area (Å²) in [6.45, 7) is 0. The maximum absolute atomic E-state index is 14.6. The van der Waals surface area contributed by atoms with E-state index in [0.717, 1.165) is 95.8 Å². The molecule has 1 aromatic heterocycles. The third kappa shape index (κ3) is 14.0. The lowest BCUT2D eigenvalue weighted by atomic mass is 9.70. The van der Waals surface area contributed by atoms with Crippen LogP contribution in [0, 0.1) is 29.6 Å². The largest absolute Gasteiger partial charge is 0.480 e. The van der Waals surface area contributed by atoms with Gasteiger partial charge in [-0.3, -0.25) is 29.0 Å². The van der Waals surface area contributed by atoms with Crippen molar-refractivity contribution in [2.24, 2.45) is 29.6 Å². The first-order chi connectivity index (χ1) is 28.6. The minimum Gasteiger partial charge on any atom is -0.480 e. The molecule has 59 heavy (non-hydrogen) atoms. The molecule has 2 aliphatic heterocycles. The van der Waals surface area contributed by atoms with Gasteiger partial charge < -0.3 is 31.7 Å². The number of aliphatic carboxylic acids is 1. The lowest BCUT2D eigenvalue weighted by Gasteiger charge is -2.37. The van der Waals surface area contributed by atoms with Gasteiger partial charge >= 0.3 is 5.97 Å². The molecule has 4 atom stereocenters. The molecule has 1 aromatic rings. The first-order valence-corrected chi connectivity index (χ1v) is 23.3. The fraction of sp³-hybridized carbons (Fsp3) is 0.761. The minimum atomic E-state index is -1.31. The van der Waals surface area contributed by atoms with Crippen LogP contribution in [-0.4, -0.2) is 69.8 Å². The van der Waals surface area contributed by atoms with E-state index in [1.165, 1.54) is 44.7 Å². The number of hydrogen-bond donors (Lipinski definition) is 6. The highest BCUT2D eigenvalue weighted by atomic mass is 16.4. The van der Waals surface area contributed by atoms with Gasteiger partial charge in [-0.25, -0.2) is 4.79 Å². The van der Waals surface area contributed by atoms with E-state index in [-0.39, 0.29) is 31.1 Å². The van der Waals surface area contributed by atoms with Gasteiger partial charge in [0.15, 0.2) is 0 Å². The Hall–Kier alpha value is -4.03. The predicted octanol–water partition coefficient (Wildman–Crippen LogP) is 6.49. The number of fused-ring (bicyclic) bond motifs is 18. The Bertz CT molecular complexity index is 1560. The zero-order valence-electron chi connectivity index (χ0n) is 35.2. The standard InChI is InChI=1S/C46H70N6O7/c53-41-24-25-42(54)49-37(23-18-30-10-4-1-5-11-30)43(55)50-39(27-32-16-19-34(20-17-32)33-14-8-3-9-15-33)44(56)51-38(26-31-12-6-2-7-13-31)45(57)52-40(46(58)59)28-35-21-22-36(48-41)29-47-35/h21-22,29-34,37-40H,1-20,23-28H2,(H,48,53)(H,49,54)(H,50,55)(H,51,56)(H,52,57)(H,58,59). The van der Waals surface area contributed by atoms with Crippen molar-refractivity contribution in [3.63, 3.8) is 0 Å². The smallest absolute Gasteiger partial charge is 0.326 e. The van der Waals surface area contributed by atoms with Crippen LogP contribution in [0.1, 0.15) is 166 Å². The van der Waals surface area contributed by atoms with E-state index in [1.54, 1.807) is 12.1 Å². The lowest BCUT2D eigenvalue weighted by molar-refractivity contribution is -0.142. The van der Waals surface area contributed by atoms with Crippen LogP contribution in [-0.2, 0) is 35.2 Å². The molecule has 7 rings (SSSR count). The monoisotopic (exact) mass is 819 g/mol. The maximum Gasteiger partial charge on any atom is 0.326 e. The Morgan fingerprint density at radius 3 is 1.68 bits per heavy atom. The van der Waals surface area contributed by atoms with Crippen molar-refractivity contribution in [2.45, 2.75) is 191 Å². The molecule has 4 fully saturated rings. The molecule has 6 aliphatic rings. The maximum atomic E-state index is 14.6. The summed E-state index contributed by atoms with van der Waals surface area (Å²) in [5, 5.41) is 24.7. The highest BCUT2D eigenvalue weighted by Crippen LogP contribution is 2.41. The topological polar surface area (TPSA) is 196 Å². The number of pyridine rings is 1. The van der Waals surface area contributed by atoms with E-state index in [1.807, 2.05) is 0 Å². The molecule has 4 unspecified atom stereocenters. The quantitative estimate of drug-likeness (QED) is 0.152. The van der Waals surface area contributed by atoms with Crippen LogP contribution < -0.4 is 26.6 Å². The molecule has 0 spiro atoms. The van der Waals surface area contributed by atoms with Gasteiger partial charge in [-0.2, -0.15) is 0 Å². The second-order valence-electron chi connectivity index (χ2n) is 18.7. The van der Waals surface area contributed by atoms with Crippen LogP contribution in [0.5, 0.6) is 0 Å². The minimum absolute atomic E-state index is 0.107. The van der Waals surface area contributed by atoms with E-state index in [2.05, 4.69) is 31.6 Å². The molecule has 3 heterocycles. The lowest BCUT2D eigenvalue weighted by Crippen LogP contribution is -2.58. The number of nitrogens with zero attached hydrogens (tertiary/aromatic N) is 1. The Balaban J connectivity index is 1.26. The molecule has 13 heteroatoms. The van der Waals surface area contributed by atoms with Crippen LogP contribution >= 0.6 is 0 Å². The summed E-state index contributed by atoms with van der Waals surface area (Å²) in [4.78, 5) is 86.2. The molecule has 326 valence electrons. The number of aromatic nitrogens is 1. The van der Waals surface area contributed by atoms with Gasteiger partial charge in [-0.15, -0.1) is 0 Å². The second-order valence-corrected chi connectivity index (χ2v) is 18.7. The Morgan fingerprint density at radius 1 is 0.559 bits per heavy atom. The molecule has 4 saturated carbocycles. The fourth-order valence-electron chi connectivity index (χ4n) is 10.8. The van der Waals surface area contributed by atoms with Gasteiger partial charge in [0, 0.05) is 25.0 Å². The summed E-state index contributed by atoms with van der Waals surface area (Å²) in [5.74, 6) is -1.24. The summed E-state index contributed by atoms with van der Waals surface area (Å²) < 4.78 is 0. The number of carboxylic acids is 1. The van der Waals surface area contributed by atoms with Crippen LogP contribution in [0.3, 0.4) is 0 Å². The van der Waals surface area contributed by atoms with Crippen molar-refractivity contribution in [3.8, 4) is 0 Å². The SMILES string of the molecule is O=C1CCC(=O)NC(CCC2CCCCC2)C(=O)NC(CC2CCC(C3CCCCC3)CC2)C(=O)NC(CC2CCCCC2)C(=O)NC(C(=O)O)Cc2ccc(cn2)N1. The van der Waals surface area contributed by atoms with Crippen LogP contribution in [0.25, 0.3) is 0 Å². The number of carboxylic acid groups (broad SMARTS) is 1. The molecule has 6 N–H and O–H groups in total. The average molecular weight is 819 g/mol. The molecule has 4 aliphatic carbocycles. The van der Waals surface area contributed by atoms with Crippen molar-refractivity contribution >= 4 is 41.2 Å². The van der Waals surface area contributed by atoms with Gasteiger partial charge in [0.2, 0.25) is 29.5 Å². The van der Waals surface area contributed by atoms with Crippen LogP contribution in [0.15, 0.2) is 18.3 Å². The first kappa shape index (κ1) is 44.5. The number of rotatable bonds is 9. The molecule has 0 saturated heterocycles. The highest BCUT2D eigenvalue weighted by Gasteiger charge is 2.36. The summed E-state index contributed by atoms with van der Waals surface area (Å²) in [5.41, 5.74) is 0.781. The normalized spacial score (nSPS) is 29.6. The number of anilines is 1. The van der Waals surface area contributed by atoms with Crippen molar-refractivity contribution in [2.75, 3.05) is 5.32 Å². The Kier molecular flexibility index (Phi) is 17.0. The summed E-state index contributed by atoms with van der Waals surface area (Å²) >= 11 is 0. The summed E-state index contributed by atoms with van der Waals surface area (Å²) in [6.07, 6.45) is 24.3. The summed E-state index contributed by atoms with van der Waals surface area (Å²) in [6, 6.07) is -0.970. The van der Waals surface area contributed by atoms with Crippen LogP contribution in [0.2, 0.25) is 0 Å². The average Bonchev–Trinajstić information content (AvgIpc) is 3.25. The molecule has 13 nitrogen and oxygen atoms in total. The van der Waals surface area contributed by atoms with Crippen molar-refractivity contribution in [1.82, 2.24) is 26.3 Å². The van der Waals surface area contributed by atoms with Gasteiger partial charge in [-0.1, -0.05) is 109 Å². The fourth-order valence-corrected chi connectivity index (χ4v) is 10.8. The van der Waals surface area contributed by atoms with E-state index in [4.69, 9.17) is 0 Å². The third-order valence-corrected chi connectivity index (χ3v) is 14.3. The van der Waals surface area contributed by atoms with Gasteiger partial charge in [-0.05, 0) is 80.2 Å². The van der Waals surface area contributed by atoms with Gasteiger partial charge in [0.05, 0.1) is 11.9 Å². The van der Waals surface area contributed by atoms with Gasteiger partial charge in [0.25, 0.3) is 0 Å². The molecule has 0 aromatic carbocycles. The predicted molar refractivity (Wildman–Crippen MR) is 225 cm³/mol. The van der Waals surface area contributed by atoms with Gasteiger partial charge in [0.1, 0.15) is 24.2 Å². The number of amides is 5. The number of nitrogens with one attached hydrogen (secondary N) is 5. The number of carbonyl (C=O) groups is 6. The highest BCUT2D eigenvalue weighted by molar-refractivity contribution is 5.96.